The van der Waals surface area contributed by atoms with E-state index in [-0.39, 0.29) is 25.5 Å². The third-order valence-corrected chi connectivity index (χ3v) is 7.48. The van der Waals surface area contributed by atoms with Gasteiger partial charge in [-0.15, -0.1) is 0 Å². The van der Waals surface area contributed by atoms with Crippen molar-refractivity contribution in [3.8, 4) is 5.75 Å². The number of likely N-dealkylation sites (tertiary alicyclic amines) is 1. The van der Waals surface area contributed by atoms with Crippen molar-refractivity contribution in [1.29, 1.82) is 0 Å². The lowest BCUT2D eigenvalue weighted by Crippen LogP contribution is -2.64. The first-order valence-corrected chi connectivity index (χ1v) is 13.3. The number of hydroxylamine groups is 1. The summed E-state index contributed by atoms with van der Waals surface area (Å²) in [5.41, 5.74) is 2.77. The van der Waals surface area contributed by atoms with Gasteiger partial charge in [0.05, 0.1) is 25.7 Å². The lowest BCUT2D eigenvalue weighted by atomic mass is 9.86. The number of anilines is 1. The number of ether oxygens (including phenoxy) is 3. The van der Waals surface area contributed by atoms with Gasteiger partial charge in [-0.05, 0) is 24.3 Å². The number of nitrogens with one attached hydrogen (secondary N) is 1. The Kier molecular flexibility index (Phi) is 8.48. The molecule has 0 unspecified atom stereocenters. The molecular weight excluding hydrogens is 504 g/mol. The summed E-state index contributed by atoms with van der Waals surface area (Å²) in [6.07, 6.45) is -1.03. The Labute approximate surface area is 227 Å². The van der Waals surface area contributed by atoms with Crippen LogP contribution in [0.15, 0.2) is 60.7 Å². The van der Waals surface area contributed by atoms with Crippen LogP contribution in [0.5, 0.6) is 5.75 Å². The van der Waals surface area contributed by atoms with E-state index in [4.69, 9.17) is 14.2 Å². The number of carbonyl (C=O) groups excluding carboxylic acids is 3. The van der Waals surface area contributed by atoms with E-state index < -0.39 is 36.2 Å². The molecule has 3 fully saturated rings. The van der Waals surface area contributed by atoms with Gasteiger partial charge in [-0.25, -0.2) is 10.3 Å². The maximum absolute atomic E-state index is 14.0. The molecule has 208 valence electrons. The number of rotatable bonds is 6. The molecule has 3 heterocycles. The number of piperidine rings is 1. The largest absolute Gasteiger partial charge is 0.489 e. The minimum Gasteiger partial charge on any atom is -0.489 e. The van der Waals surface area contributed by atoms with Crippen LogP contribution in [0.2, 0.25) is 0 Å². The lowest BCUT2D eigenvalue weighted by molar-refractivity contribution is -0.151. The van der Waals surface area contributed by atoms with E-state index in [9.17, 15) is 19.6 Å². The number of para-hydroxylation sites is 2. The monoisotopic (exact) mass is 538 g/mol. The van der Waals surface area contributed by atoms with Gasteiger partial charge in [0.15, 0.2) is 0 Å². The fourth-order valence-electron chi connectivity index (χ4n) is 5.47. The van der Waals surface area contributed by atoms with Gasteiger partial charge in [-0.3, -0.25) is 19.7 Å². The summed E-state index contributed by atoms with van der Waals surface area (Å²) < 4.78 is 17.1. The van der Waals surface area contributed by atoms with Crippen molar-refractivity contribution in [3.05, 3.63) is 60.7 Å². The highest BCUT2D eigenvalue weighted by atomic mass is 16.6. The Hall–Kier alpha value is -3.83. The summed E-state index contributed by atoms with van der Waals surface area (Å²) in [6.45, 7) is 2.91. The van der Waals surface area contributed by atoms with Gasteiger partial charge in [-0.2, -0.15) is 0 Å². The average Bonchev–Trinajstić information content (AvgIpc) is 3.50. The molecule has 3 aliphatic rings. The average molecular weight is 539 g/mol. The van der Waals surface area contributed by atoms with Gasteiger partial charge in [0, 0.05) is 44.7 Å². The number of hydrogen-bond donors (Lipinski definition) is 2. The summed E-state index contributed by atoms with van der Waals surface area (Å²) in [5, 5.41) is 9.57. The molecule has 0 aromatic heterocycles. The van der Waals surface area contributed by atoms with E-state index >= 15 is 0 Å². The van der Waals surface area contributed by atoms with E-state index in [0.717, 1.165) is 5.69 Å². The standard InChI is InChI=1S/C28H34N4O7/c33-26(29-36)24-17-23(38-21-9-5-2-6-10-21)18-32(28(35)39-22-11-16-37-19-22)25(24)27(34)31-14-12-30(13-15-31)20-7-3-1-4-8-20/h1-10,22-25,36H,11-19H2,(H,29,33)/t22-,23-,24-,25-/m0/s1. The zero-order chi connectivity index (χ0) is 27.2. The predicted octanol–water partition coefficient (Wildman–Crippen LogP) is 1.90. The summed E-state index contributed by atoms with van der Waals surface area (Å²) >= 11 is 0. The molecule has 0 saturated carbocycles. The second-order valence-electron chi connectivity index (χ2n) is 9.99. The molecule has 4 atom stereocenters. The molecule has 3 amide bonds. The van der Waals surface area contributed by atoms with Crippen molar-refractivity contribution in [2.45, 2.75) is 31.1 Å². The summed E-state index contributed by atoms with van der Waals surface area (Å²) in [5.74, 6) is -1.57. The van der Waals surface area contributed by atoms with Gasteiger partial charge >= 0.3 is 6.09 Å². The predicted molar refractivity (Wildman–Crippen MR) is 140 cm³/mol. The van der Waals surface area contributed by atoms with Crippen molar-refractivity contribution in [2.24, 2.45) is 5.92 Å². The van der Waals surface area contributed by atoms with Crippen molar-refractivity contribution in [3.63, 3.8) is 0 Å². The molecule has 0 spiro atoms. The zero-order valence-corrected chi connectivity index (χ0v) is 21.7. The number of benzene rings is 2. The van der Waals surface area contributed by atoms with Crippen molar-refractivity contribution in [2.75, 3.05) is 50.8 Å². The van der Waals surface area contributed by atoms with Gasteiger partial charge in [-0.1, -0.05) is 36.4 Å². The number of piperazine rings is 1. The van der Waals surface area contributed by atoms with E-state index in [1.807, 2.05) is 48.5 Å². The van der Waals surface area contributed by atoms with Crippen LogP contribution in [-0.2, 0) is 19.1 Å². The third-order valence-electron chi connectivity index (χ3n) is 7.48. The van der Waals surface area contributed by atoms with Gasteiger partial charge in [0.25, 0.3) is 0 Å². The summed E-state index contributed by atoms with van der Waals surface area (Å²) in [4.78, 5) is 45.5. The number of carbonyl (C=O) groups is 3. The zero-order valence-electron chi connectivity index (χ0n) is 21.7. The second-order valence-corrected chi connectivity index (χ2v) is 9.99. The first kappa shape index (κ1) is 26.8. The van der Waals surface area contributed by atoms with Crippen LogP contribution in [0, 0.1) is 5.92 Å². The fourth-order valence-corrected chi connectivity index (χ4v) is 5.47. The highest BCUT2D eigenvalue weighted by Crippen LogP contribution is 2.30. The third kappa shape index (κ3) is 6.26. The van der Waals surface area contributed by atoms with Crippen molar-refractivity contribution < 1.29 is 33.8 Å². The lowest BCUT2D eigenvalue weighted by Gasteiger charge is -2.45. The molecule has 0 bridgehead atoms. The normalized spacial score (nSPS) is 25.2. The van der Waals surface area contributed by atoms with Crippen molar-refractivity contribution in [1.82, 2.24) is 15.3 Å². The first-order valence-electron chi connectivity index (χ1n) is 13.3. The van der Waals surface area contributed by atoms with Crippen LogP contribution >= 0.6 is 0 Å². The molecule has 3 aliphatic heterocycles. The molecule has 3 saturated heterocycles. The number of nitrogens with zero attached hydrogens (tertiary/aromatic N) is 3. The molecule has 2 aromatic rings. The number of hydrogen-bond acceptors (Lipinski definition) is 8. The molecule has 0 aliphatic carbocycles. The molecule has 2 N–H and O–H groups in total. The summed E-state index contributed by atoms with van der Waals surface area (Å²) in [6, 6.07) is 17.9. The SMILES string of the molecule is O=C(NO)[C@H]1C[C@H](Oc2ccccc2)CN(C(=O)O[C@H]2CCOC2)[C@@H]1C(=O)N1CCN(c2ccccc2)CC1. The molecule has 2 aromatic carbocycles. The van der Waals surface area contributed by atoms with Crippen LogP contribution in [0.1, 0.15) is 12.8 Å². The maximum atomic E-state index is 14.0. The minimum atomic E-state index is -1.15. The van der Waals surface area contributed by atoms with E-state index in [2.05, 4.69) is 4.90 Å². The topological polar surface area (TPSA) is 121 Å². The minimum absolute atomic E-state index is 0.0525. The first-order chi connectivity index (χ1) is 19.0. The molecule has 0 radical (unpaired) electrons. The Morgan fingerprint density at radius 1 is 0.923 bits per heavy atom. The second kappa shape index (κ2) is 12.4. The Morgan fingerprint density at radius 2 is 1.62 bits per heavy atom. The Bertz CT molecular complexity index is 1120. The van der Waals surface area contributed by atoms with Crippen molar-refractivity contribution >= 4 is 23.6 Å². The number of amides is 3. The van der Waals surface area contributed by atoms with Gasteiger partial charge in [0.1, 0.15) is 24.0 Å². The van der Waals surface area contributed by atoms with E-state index in [1.54, 1.807) is 22.5 Å². The van der Waals surface area contributed by atoms with E-state index in [1.165, 1.54) is 4.90 Å². The van der Waals surface area contributed by atoms with Crippen LogP contribution in [0.25, 0.3) is 0 Å². The van der Waals surface area contributed by atoms with Gasteiger partial charge < -0.3 is 24.0 Å². The van der Waals surface area contributed by atoms with Crippen LogP contribution in [0.3, 0.4) is 0 Å². The highest BCUT2D eigenvalue weighted by molar-refractivity contribution is 5.92. The maximum Gasteiger partial charge on any atom is 0.410 e. The molecule has 11 nitrogen and oxygen atoms in total. The summed E-state index contributed by atoms with van der Waals surface area (Å²) in [7, 11) is 0. The highest BCUT2D eigenvalue weighted by Gasteiger charge is 2.49. The molecule has 11 heteroatoms. The van der Waals surface area contributed by atoms with Crippen LogP contribution < -0.4 is 15.1 Å². The smallest absolute Gasteiger partial charge is 0.410 e. The quantitative estimate of drug-likeness (QED) is 0.423. The molecular formula is C28H34N4O7. The molecule has 5 rings (SSSR count). The fraction of sp³-hybridized carbons (Fsp3) is 0.464. The van der Waals surface area contributed by atoms with Gasteiger partial charge in [0.2, 0.25) is 11.8 Å². The van der Waals surface area contributed by atoms with Crippen LogP contribution in [0.4, 0.5) is 10.5 Å². The van der Waals surface area contributed by atoms with Crippen LogP contribution in [-0.4, -0.2) is 97.1 Å². The Morgan fingerprint density at radius 3 is 2.26 bits per heavy atom. The van der Waals surface area contributed by atoms with E-state index in [0.29, 0.717) is 45.0 Å². The molecule has 39 heavy (non-hydrogen) atoms. The Balaban J connectivity index is 1.37.